The van der Waals surface area contributed by atoms with Gasteiger partial charge >= 0.3 is 0 Å². The lowest BCUT2D eigenvalue weighted by atomic mass is 10.1. The lowest BCUT2D eigenvalue weighted by Crippen LogP contribution is -1.84. The van der Waals surface area contributed by atoms with Crippen LogP contribution in [-0.2, 0) is 6.42 Å². The van der Waals surface area contributed by atoms with Crippen LogP contribution in [0.25, 0.3) is 0 Å². The van der Waals surface area contributed by atoms with Crippen LogP contribution in [0.1, 0.15) is 25.0 Å². The van der Waals surface area contributed by atoms with E-state index in [1.807, 2.05) is 12.1 Å². The first-order valence-corrected chi connectivity index (χ1v) is 4.82. The molecule has 1 aliphatic rings. The highest BCUT2D eigenvalue weighted by Gasteiger charge is 2.00. The SMILES string of the molecule is C1=CCC(CCCc2ccco2)=C1. The summed E-state index contributed by atoms with van der Waals surface area (Å²) in [5.74, 6) is 1.10. The van der Waals surface area contributed by atoms with Crippen molar-refractivity contribution in [1.82, 2.24) is 0 Å². The van der Waals surface area contributed by atoms with Gasteiger partial charge in [-0.15, -0.1) is 0 Å². The predicted molar refractivity (Wildman–Crippen MR) is 53.5 cm³/mol. The standard InChI is InChI=1S/C12H14O/c1-2-6-11(5-1)7-3-8-12-9-4-10-13-12/h1-2,4-5,9-10H,3,6-8H2. The normalized spacial score (nSPS) is 14.9. The Bertz CT molecular complexity index is 304. The predicted octanol–water partition coefficient (Wildman–Crippen LogP) is 3.49. The van der Waals surface area contributed by atoms with E-state index in [9.17, 15) is 0 Å². The van der Waals surface area contributed by atoms with Gasteiger partial charge in [0.2, 0.25) is 0 Å². The van der Waals surface area contributed by atoms with Crippen LogP contribution in [0, 0.1) is 0 Å². The van der Waals surface area contributed by atoms with Crippen molar-refractivity contribution in [3.63, 3.8) is 0 Å². The molecule has 0 saturated heterocycles. The minimum atomic E-state index is 1.06. The molecular weight excluding hydrogens is 160 g/mol. The van der Waals surface area contributed by atoms with Crippen LogP contribution in [-0.4, -0.2) is 0 Å². The summed E-state index contributed by atoms with van der Waals surface area (Å²) in [6.07, 6.45) is 12.9. The van der Waals surface area contributed by atoms with E-state index < -0.39 is 0 Å². The fraction of sp³-hybridized carbons (Fsp3) is 0.333. The number of allylic oxidation sites excluding steroid dienone is 4. The number of hydrogen-bond acceptors (Lipinski definition) is 1. The molecule has 13 heavy (non-hydrogen) atoms. The third-order valence-corrected chi connectivity index (χ3v) is 2.35. The Morgan fingerprint density at radius 3 is 3.00 bits per heavy atom. The van der Waals surface area contributed by atoms with Gasteiger partial charge in [0.05, 0.1) is 6.26 Å². The number of furan rings is 1. The van der Waals surface area contributed by atoms with Crippen LogP contribution in [0.3, 0.4) is 0 Å². The van der Waals surface area contributed by atoms with Crippen molar-refractivity contribution in [2.45, 2.75) is 25.7 Å². The zero-order valence-electron chi connectivity index (χ0n) is 7.70. The van der Waals surface area contributed by atoms with E-state index in [1.54, 1.807) is 11.8 Å². The maximum absolute atomic E-state index is 5.26. The van der Waals surface area contributed by atoms with Gasteiger partial charge in [0.1, 0.15) is 5.76 Å². The quantitative estimate of drug-likeness (QED) is 0.681. The number of hydrogen-bond donors (Lipinski definition) is 0. The summed E-state index contributed by atoms with van der Waals surface area (Å²) in [5.41, 5.74) is 1.55. The van der Waals surface area contributed by atoms with Gasteiger partial charge in [0.15, 0.2) is 0 Å². The van der Waals surface area contributed by atoms with Gasteiger partial charge in [-0.2, -0.15) is 0 Å². The molecule has 1 aromatic heterocycles. The highest BCUT2D eigenvalue weighted by molar-refractivity contribution is 5.22. The molecule has 68 valence electrons. The van der Waals surface area contributed by atoms with Crippen molar-refractivity contribution in [2.75, 3.05) is 0 Å². The van der Waals surface area contributed by atoms with Crippen LogP contribution in [0.2, 0.25) is 0 Å². The highest BCUT2D eigenvalue weighted by Crippen LogP contribution is 2.17. The fourth-order valence-electron chi connectivity index (χ4n) is 1.62. The molecule has 0 aromatic carbocycles. The second-order valence-corrected chi connectivity index (χ2v) is 3.39. The molecule has 0 bridgehead atoms. The van der Waals surface area contributed by atoms with Crippen molar-refractivity contribution in [3.05, 3.63) is 48.0 Å². The van der Waals surface area contributed by atoms with Gasteiger partial charge in [0, 0.05) is 6.42 Å². The van der Waals surface area contributed by atoms with E-state index in [2.05, 4.69) is 18.2 Å². The molecule has 1 nitrogen and oxygen atoms in total. The highest BCUT2D eigenvalue weighted by atomic mass is 16.3. The monoisotopic (exact) mass is 174 g/mol. The Morgan fingerprint density at radius 2 is 2.31 bits per heavy atom. The maximum Gasteiger partial charge on any atom is 0.103 e. The van der Waals surface area contributed by atoms with Gasteiger partial charge in [-0.25, -0.2) is 0 Å². The molecule has 1 heterocycles. The fourth-order valence-corrected chi connectivity index (χ4v) is 1.62. The van der Waals surface area contributed by atoms with Crippen LogP contribution >= 0.6 is 0 Å². The van der Waals surface area contributed by atoms with E-state index in [4.69, 9.17) is 4.42 Å². The van der Waals surface area contributed by atoms with Gasteiger partial charge in [-0.1, -0.05) is 23.8 Å². The van der Waals surface area contributed by atoms with Crippen LogP contribution in [0.15, 0.2) is 46.6 Å². The van der Waals surface area contributed by atoms with Crippen LogP contribution < -0.4 is 0 Å². The van der Waals surface area contributed by atoms with Crippen molar-refractivity contribution >= 4 is 0 Å². The van der Waals surface area contributed by atoms with Crippen LogP contribution in [0.5, 0.6) is 0 Å². The molecule has 1 aromatic rings. The third kappa shape index (κ3) is 2.35. The summed E-state index contributed by atoms with van der Waals surface area (Å²) in [6, 6.07) is 3.99. The summed E-state index contributed by atoms with van der Waals surface area (Å²) >= 11 is 0. The molecule has 0 amide bonds. The molecule has 1 aliphatic carbocycles. The molecule has 0 N–H and O–H groups in total. The smallest absolute Gasteiger partial charge is 0.103 e. The molecule has 0 atom stereocenters. The average molecular weight is 174 g/mol. The first-order chi connectivity index (χ1) is 6.45. The largest absolute Gasteiger partial charge is 0.469 e. The Labute approximate surface area is 78.8 Å². The van der Waals surface area contributed by atoms with Gasteiger partial charge in [0.25, 0.3) is 0 Å². The second-order valence-electron chi connectivity index (χ2n) is 3.39. The second kappa shape index (κ2) is 4.13. The molecule has 0 fully saturated rings. The van der Waals surface area contributed by atoms with Gasteiger partial charge in [-0.3, -0.25) is 0 Å². The van der Waals surface area contributed by atoms with E-state index >= 15 is 0 Å². The molecule has 0 radical (unpaired) electrons. The van der Waals surface area contributed by atoms with Crippen molar-refractivity contribution in [2.24, 2.45) is 0 Å². The lowest BCUT2D eigenvalue weighted by molar-refractivity contribution is 0.501. The Kier molecular flexibility index (Phi) is 2.65. The summed E-state index contributed by atoms with van der Waals surface area (Å²) in [7, 11) is 0. The molecule has 0 unspecified atom stereocenters. The minimum Gasteiger partial charge on any atom is -0.469 e. The zero-order chi connectivity index (χ0) is 8.93. The summed E-state index contributed by atoms with van der Waals surface area (Å²) < 4.78 is 5.26. The van der Waals surface area contributed by atoms with Gasteiger partial charge < -0.3 is 4.42 Å². The lowest BCUT2D eigenvalue weighted by Gasteiger charge is -1.99. The topological polar surface area (TPSA) is 13.1 Å². The summed E-state index contributed by atoms with van der Waals surface area (Å²) in [5, 5.41) is 0. The molecule has 0 spiro atoms. The summed E-state index contributed by atoms with van der Waals surface area (Å²) in [4.78, 5) is 0. The third-order valence-electron chi connectivity index (χ3n) is 2.35. The molecule has 0 aliphatic heterocycles. The minimum absolute atomic E-state index is 1.06. The first-order valence-electron chi connectivity index (χ1n) is 4.82. The molecule has 0 saturated carbocycles. The zero-order valence-corrected chi connectivity index (χ0v) is 7.70. The Balaban J connectivity index is 1.70. The maximum atomic E-state index is 5.26. The Morgan fingerprint density at radius 1 is 1.31 bits per heavy atom. The van der Waals surface area contributed by atoms with Crippen molar-refractivity contribution < 1.29 is 4.42 Å². The van der Waals surface area contributed by atoms with E-state index in [0.29, 0.717) is 0 Å². The molecule has 2 rings (SSSR count). The summed E-state index contributed by atoms with van der Waals surface area (Å²) in [6.45, 7) is 0. The number of rotatable bonds is 4. The molecule has 1 heteroatoms. The van der Waals surface area contributed by atoms with Gasteiger partial charge in [-0.05, 0) is 31.4 Å². The average Bonchev–Trinajstić information content (AvgIpc) is 2.75. The van der Waals surface area contributed by atoms with E-state index in [1.165, 1.54) is 12.8 Å². The number of aryl methyl sites for hydroxylation is 1. The van der Waals surface area contributed by atoms with Crippen LogP contribution in [0.4, 0.5) is 0 Å². The van der Waals surface area contributed by atoms with Crippen molar-refractivity contribution in [3.8, 4) is 0 Å². The first kappa shape index (κ1) is 8.36. The molecular formula is C12H14O. The Hall–Kier alpha value is -1.24. The van der Waals surface area contributed by atoms with E-state index in [-0.39, 0.29) is 0 Å². The van der Waals surface area contributed by atoms with E-state index in [0.717, 1.165) is 18.6 Å². The van der Waals surface area contributed by atoms with Crippen molar-refractivity contribution in [1.29, 1.82) is 0 Å².